The van der Waals surface area contributed by atoms with E-state index in [4.69, 9.17) is 9.47 Å². The van der Waals surface area contributed by atoms with Gasteiger partial charge >= 0.3 is 12.1 Å². The summed E-state index contributed by atoms with van der Waals surface area (Å²) >= 11 is 0. The van der Waals surface area contributed by atoms with Gasteiger partial charge in [0.05, 0.1) is 10.1 Å². The number of ether oxygens (including phenoxy) is 2. The molecule has 1 aliphatic rings. The summed E-state index contributed by atoms with van der Waals surface area (Å²) in [7, 11) is -1.69. The van der Waals surface area contributed by atoms with Crippen molar-refractivity contribution in [1.29, 1.82) is 0 Å². The molecule has 2 atom stereocenters. The first-order valence-electron chi connectivity index (χ1n) is 14.9. The van der Waals surface area contributed by atoms with Crippen molar-refractivity contribution in [2.75, 3.05) is 30.9 Å². The summed E-state index contributed by atoms with van der Waals surface area (Å²) in [5, 5.41) is 19.4. The molecule has 5 rings (SSSR count). The number of carbonyl (C=O) groups is 2. The summed E-state index contributed by atoms with van der Waals surface area (Å²) < 4.78 is 36.9. The number of carbonyl (C=O) groups excluding carboxylic acids is 1. The maximum absolute atomic E-state index is 12.8. The van der Waals surface area contributed by atoms with E-state index < -0.39 is 34.0 Å². The molecule has 4 aromatic rings. The van der Waals surface area contributed by atoms with Crippen molar-refractivity contribution in [1.82, 2.24) is 10.3 Å². The average Bonchev–Trinajstić information content (AvgIpc) is 3.89. The van der Waals surface area contributed by atoms with Gasteiger partial charge in [0.15, 0.2) is 15.9 Å². The van der Waals surface area contributed by atoms with Crippen LogP contribution in [0, 0.1) is 0 Å². The SMILES string of the molecule is CCO[C@@H](COC(=O)Nc1ccc(S(=O)(=O)C2CC2)c(CNC)c1)c1ccc(C(Nc2ccc3cc[nH]c(=O)c3c2)C(=O)O)cc1. The van der Waals surface area contributed by atoms with E-state index in [2.05, 4.69) is 20.9 Å². The summed E-state index contributed by atoms with van der Waals surface area (Å²) in [6.45, 7) is 2.33. The van der Waals surface area contributed by atoms with Gasteiger partial charge in [0, 0.05) is 36.1 Å². The number of nitrogens with one attached hydrogen (secondary N) is 4. The van der Waals surface area contributed by atoms with Gasteiger partial charge in [-0.1, -0.05) is 30.3 Å². The van der Waals surface area contributed by atoms with Crippen molar-refractivity contribution in [3.63, 3.8) is 0 Å². The van der Waals surface area contributed by atoms with Crippen molar-refractivity contribution in [3.8, 4) is 0 Å². The fraction of sp³-hybridized carbons (Fsp3) is 0.303. The predicted octanol–water partition coefficient (Wildman–Crippen LogP) is 4.75. The van der Waals surface area contributed by atoms with Gasteiger partial charge in [-0.25, -0.2) is 18.0 Å². The molecule has 0 spiro atoms. The molecule has 1 fully saturated rings. The lowest BCUT2D eigenvalue weighted by atomic mass is 10.0. The van der Waals surface area contributed by atoms with Crippen LogP contribution in [0.2, 0.25) is 0 Å². The third-order valence-corrected chi connectivity index (χ3v) is 10.0. The van der Waals surface area contributed by atoms with Gasteiger partial charge in [-0.3, -0.25) is 10.1 Å². The molecule has 242 valence electrons. The Morgan fingerprint density at radius 1 is 1.00 bits per heavy atom. The lowest BCUT2D eigenvalue weighted by molar-refractivity contribution is -0.138. The standard InChI is InChI=1S/C33H36N4O8S/c1-3-44-28(19-45-33(41)37-24-10-13-29(23(16-24)18-34-2)46(42,43)26-11-12-26)21-4-6-22(7-5-21)30(32(39)40)36-25-9-8-20-14-15-35-31(38)27(20)17-25/h4-10,13-17,26,28,30,34,36H,3,11-12,18-19H2,1-2H3,(H,35,38)(H,37,41)(H,39,40)/t28-,30?/m0/s1. The van der Waals surface area contributed by atoms with E-state index in [9.17, 15) is 27.9 Å². The van der Waals surface area contributed by atoms with Crippen LogP contribution in [0.3, 0.4) is 0 Å². The number of hydrogen-bond donors (Lipinski definition) is 5. The minimum atomic E-state index is -3.41. The number of pyridine rings is 1. The molecule has 1 heterocycles. The Labute approximate surface area is 266 Å². The van der Waals surface area contributed by atoms with E-state index in [1.165, 1.54) is 12.1 Å². The Hall–Kier alpha value is -4.72. The second-order valence-electron chi connectivity index (χ2n) is 11.0. The first kappa shape index (κ1) is 32.7. The summed E-state index contributed by atoms with van der Waals surface area (Å²) in [5.41, 5.74) is 2.30. The molecule has 0 aliphatic heterocycles. The maximum atomic E-state index is 12.8. The van der Waals surface area contributed by atoms with E-state index in [0.717, 1.165) is 5.39 Å². The highest BCUT2D eigenvalue weighted by Crippen LogP contribution is 2.35. The molecule has 0 radical (unpaired) electrons. The third-order valence-electron chi connectivity index (χ3n) is 7.65. The summed E-state index contributed by atoms with van der Waals surface area (Å²) in [5.74, 6) is -1.10. The smallest absolute Gasteiger partial charge is 0.411 e. The number of carboxylic acids is 1. The molecule has 3 aromatic carbocycles. The number of aromatic amines is 1. The van der Waals surface area contributed by atoms with Crippen LogP contribution in [-0.4, -0.2) is 56.1 Å². The normalized spacial score (nSPS) is 14.4. The van der Waals surface area contributed by atoms with E-state index in [-0.39, 0.29) is 22.3 Å². The summed E-state index contributed by atoms with van der Waals surface area (Å²) in [4.78, 5) is 40.0. The van der Waals surface area contributed by atoms with Gasteiger partial charge in [-0.15, -0.1) is 0 Å². The van der Waals surface area contributed by atoms with Gasteiger partial charge in [0.25, 0.3) is 5.56 Å². The molecule has 1 aliphatic carbocycles. The Bertz CT molecular complexity index is 1890. The zero-order valence-electron chi connectivity index (χ0n) is 25.4. The molecule has 0 bridgehead atoms. The van der Waals surface area contributed by atoms with E-state index in [0.29, 0.717) is 59.4 Å². The molecule has 1 unspecified atom stereocenters. The minimum Gasteiger partial charge on any atom is -0.479 e. The number of benzene rings is 3. The van der Waals surface area contributed by atoms with Crippen LogP contribution >= 0.6 is 0 Å². The molecular formula is C33H36N4O8S. The van der Waals surface area contributed by atoms with Crippen LogP contribution < -0.4 is 21.5 Å². The zero-order chi connectivity index (χ0) is 32.8. The number of aliphatic carboxylic acids is 1. The van der Waals surface area contributed by atoms with Gasteiger partial charge in [-0.05, 0) is 85.3 Å². The number of fused-ring (bicyclic) bond motifs is 1. The van der Waals surface area contributed by atoms with Crippen LogP contribution in [-0.2, 0) is 30.7 Å². The van der Waals surface area contributed by atoms with Crippen molar-refractivity contribution in [3.05, 3.63) is 100.0 Å². The molecule has 13 heteroatoms. The van der Waals surface area contributed by atoms with Crippen LogP contribution in [0.25, 0.3) is 10.8 Å². The highest BCUT2D eigenvalue weighted by atomic mass is 32.2. The Kier molecular flexibility index (Phi) is 10.0. The molecule has 5 N–H and O–H groups in total. The lowest BCUT2D eigenvalue weighted by Gasteiger charge is -2.20. The number of hydrogen-bond acceptors (Lipinski definition) is 9. The summed E-state index contributed by atoms with van der Waals surface area (Å²) in [6.07, 6.45) is 1.50. The Morgan fingerprint density at radius 3 is 2.39 bits per heavy atom. The quantitative estimate of drug-likeness (QED) is 0.128. The van der Waals surface area contributed by atoms with Gasteiger partial charge < -0.3 is 30.2 Å². The number of anilines is 2. The highest BCUT2D eigenvalue weighted by Gasteiger charge is 2.38. The van der Waals surface area contributed by atoms with E-state index in [1.54, 1.807) is 74.8 Å². The molecule has 1 amide bonds. The first-order valence-corrected chi connectivity index (χ1v) is 16.4. The van der Waals surface area contributed by atoms with Gasteiger partial charge in [0.2, 0.25) is 0 Å². The van der Waals surface area contributed by atoms with Crippen molar-refractivity contribution in [2.45, 2.75) is 48.6 Å². The van der Waals surface area contributed by atoms with E-state index >= 15 is 0 Å². The topological polar surface area (TPSA) is 176 Å². The Balaban J connectivity index is 1.24. The van der Waals surface area contributed by atoms with Gasteiger partial charge in [-0.2, -0.15) is 0 Å². The summed E-state index contributed by atoms with van der Waals surface area (Å²) in [6, 6.07) is 17.1. The van der Waals surface area contributed by atoms with Crippen LogP contribution in [0.15, 0.2) is 82.6 Å². The number of carboxylic acid groups (broad SMARTS) is 1. The van der Waals surface area contributed by atoms with Crippen LogP contribution in [0.5, 0.6) is 0 Å². The maximum Gasteiger partial charge on any atom is 0.411 e. The van der Waals surface area contributed by atoms with Gasteiger partial charge in [0.1, 0.15) is 12.7 Å². The molecule has 1 aromatic heterocycles. The van der Waals surface area contributed by atoms with Crippen molar-refractivity contribution in [2.24, 2.45) is 0 Å². The fourth-order valence-corrected chi connectivity index (χ4v) is 7.07. The van der Waals surface area contributed by atoms with E-state index in [1.807, 2.05) is 0 Å². The molecule has 12 nitrogen and oxygen atoms in total. The number of aromatic nitrogens is 1. The Morgan fingerprint density at radius 2 is 1.72 bits per heavy atom. The monoisotopic (exact) mass is 648 g/mol. The second-order valence-corrected chi connectivity index (χ2v) is 13.2. The fourth-order valence-electron chi connectivity index (χ4n) is 5.20. The molecule has 0 saturated heterocycles. The first-order chi connectivity index (χ1) is 22.1. The second kappa shape index (κ2) is 14.1. The number of rotatable bonds is 14. The number of amides is 1. The van der Waals surface area contributed by atoms with Crippen molar-refractivity contribution >= 4 is 44.0 Å². The largest absolute Gasteiger partial charge is 0.479 e. The zero-order valence-corrected chi connectivity index (χ0v) is 26.2. The van der Waals surface area contributed by atoms with Crippen LogP contribution in [0.4, 0.5) is 16.2 Å². The lowest BCUT2D eigenvalue weighted by Crippen LogP contribution is -2.21. The average molecular weight is 649 g/mol. The molecule has 1 saturated carbocycles. The minimum absolute atomic E-state index is 0.122. The number of H-pyrrole nitrogens is 1. The number of sulfone groups is 1. The third kappa shape index (κ3) is 7.56. The highest BCUT2D eigenvalue weighted by molar-refractivity contribution is 7.92. The van der Waals surface area contributed by atoms with Crippen molar-refractivity contribution < 1.29 is 32.6 Å². The predicted molar refractivity (Wildman–Crippen MR) is 174 cm³/mol. The molecule has 46 heavy (non-hydrogen) atoms. The van der Waals surface area contributed by atoms with Crippen LogP contribution in [0.1, 0.15) is 48.6 Å². The molecular weight excluding hydrogens is 612 g/mol.